The van der Waals surface area contributed by atoms with Crippen molar-refractivity contribution in [1.29, 1.82) is 0 Å². The van der Waals surface area contributed by atoms with Gasteiger partial charge in [-0.15, -0.1) is 0 Å². The monoisotopic (exact) mass is 278 g/mol. The molecule has 2 aliphatic heterocycles. The lowest BCUT2D eigenvalue weighted by molar-refractivity contribution is -0.0229. The molecule has 0 amide bonds. The maximum absolute atomic E-state index is 6.03. The number of rotatable bonds is 2. The fraction of sp³-hybridized carbons (Fsp3) is 1.00. The molecule has 2 heterocycles. The number of ether oxygens (including phenoxy) is 1. The van der Waals surface area contributed by atoms with Gasteiger partial charge >= 0.3 is 0 Å². The van der Waals surface area contributed by atoms with Crippen LogP contribution in [-0.2, 0) is 4.74 Å². The van der Waals surface area contributed by atoms with Crippen molar-refractivity contribution < 1.29 is 4.74 Å². The summed E-state index contributed by atoms with van der Waals surface area (Å²) in [6, 6.07) is 0. The van der Waals surface area contributed by atoms with Crippen LogP contribution in [0.4, 0.5) is 0 Å². The van der Waals surface area contributed by atoms with E-state index in [4.69, 9.17) is 4.74 Å². The summed E-state index contributed by atoms with van der Waals surface area (Å²) < 4.78 is 6.03. The first-order valence-corrected chi connectivity index (χ1v) is 7.53. The molecule has 0 aliphatic carbocycles. The Bertz CT molecular complexity index is 207. The summed E-state index contributed by atoms with van der Waals surface area (Å²) in [5.74, 6) is 3.43. The van der Waals surface area contributed by atoms with E-state index in [-0.39, 0.29) is 5.60 Å². The predicted octanol–water partition coefficient (Wildman–Crippen LogP) is 3.46. The molecule has 0 aromatic carbocycles. The third-order valence-corrected chi connectivity index (χ3v) is 6.00. The van der Waals surface area contributed by atoms with Crippen molar-refractivity contribution >= 4 is 27.7 Å². The van der Waals surface area contributed by atoms with Crippen LogP contribution in [0.25, 0.3) is 0 Å². The highest BCUT2D eigenvalue weighted by atomic mass is 79.9. The van der Waals surface area contributed by atoms with Crippen LogP contribution >= 0.6 is 27.7 Å². The van der Waals surface area contributed by atoms with E-state index in [2.05, 4.69) is 41.5 Å². The summed E-state index contributed by atoms with van der Waals surface area (Å²) in [4.78, 5) is 0.722. The molecule has 3 unspecified atom stereocenters. The minimum absolute atomic E-state index is 0.137. The molecule has 0 aromatic heterocycles. The topological polar surface area (TPSA) is 9.23 Å². The number of alkyl halides is 1. The van der Waals surface area contributed by atoms with Gasteiger partial charge in [0.05, 0.1) is 11.7 Å². The normalized spacial score (nSPS) is 41.8. The molecule has 2 saturated heterocycles. The molecular formula is C11H19BrOS. The molecule has 0 spiro atoms. The van der Waals surface area contributed by atoms with Gasteiger partial charge in [0, 0.05) is 10.6 Å². The minimum atomic E-state index is 0.137. The Morgan fingerprint density at radius 2 is 2.21 bits per heavy atom. The van der Waals surface area contributed by atoms with Crippen molar-refractivity contribution in [1.82, 2.24) is 0 Å². The molecule has 0 radical (unpaired) electrons. The first kappa shape index (κ1) is 11.3. The van der Waals surface area contributed by atoms with E-state index in [1.165, 1.54) is 30.8 Å². The molecule has 0 aromatic rings. The largest absolute Gasteiger partial charge is 0.372 e. The average Bonchev–Trinajstić information content (AvgIpc) is 2.61. The fourth-order valence-electron chi connectivity index (χ4n) is 2.37. The Morgan fingerprint density at radius 1 is 1.43 bits per heavy atom. The molecular weight excluding hydrogens is 260 g/mol. The summed E-state index contributed by atoms with van der Waals surface area (Å²) in [6.45, 7) is 4.42. The van der Waals surface area contributed by atoms with Crippen LogP contribution in [0.1, 0.15) is 33.1 Å². The van der Waals surface area contributed by atoms with Crippen molar-refractivity contribution in [3.63, 3.8) is 0 Å². The number of hydrogen-bond donors (Lipinski definition) is 0. The third-order valence-electron chi connectivity index (χ3n) is 3.24. The van der Waals surface area contributed by atoms with Crippen molar-refractivity contribution in [2.75, 3.05) is 11.5 Å². The highest BCUT2D eigenvalue weighted by Crippen LogP contribution is 2.38. The van der Waals surface area contributed by atoms with Gasteiger partial charge in [-0.05, 0) is 44.8 Å². The van der Waals surface area contributed by atoms with Gasteiger partial charge in [-0.25, -0.2) is 0 Å². The zero-order chi connectivity index (χ0) is 10.2. The zero-order valence-electron chi connectivity index (χ0n) is 8.96. The molecule has 0 saturated carbocycles. The molecule has 2 aliphatic rings. The summed E-state index contributed by atoms with van der Waals surface area (Å²) in [5, 5.41) is 0. The van der Waals surface area contributed by atoms with E-state index in [0.717, 1.165) is 10.7 Å². The molecule has 82 valence electrons. The van der Waals surface area contributed by atoms with Gasteiger partial charge in [-0.2, -0.15) is 11.8 Å². The van der Waals surface area contributed by atoms with E-state index in [1.807, 2.05) is 0 Å². The van der Waals surface area contributed by atoms with Crippen LogP contribution in [0.3, 0.4) is 0 Å². The van der Waals surface area contributed by atoms with Crippen molar-refractivity contribution in [3.8, 4) is 0 Å². The van der Waals surface area contributed by atoms with E-state index in [0.29, 0.717) is 6.10 Å². The average molecular weight is 279 g/mol. The Hall–Kier alpha value is 0.790. The van der Waals surface area contributed by atoms with Gasteiger partial charge in [0.1, 0.15) is 0 Å². The van der Waals surface area contributed by atoms with Crippen LogP contribution in [0, 0.1) is 5.92 Å². The minimum Gasteiger partial charge on any atom is -0.372 e. The maximum Gasteiger partial charge on any atom is 0.0631 e. The lowest BCUT2D eigenvalue weighted by Gasteiger charge is -2.22. The second kappa shape index (κ2) is 4.34. The fourth-order valence-corrected chi connectivity index (χ4v) is 4.88. The van der Waals surface area contributed by atoms with Crippen LogP contribution in [-0.4, -0.2) is 28.0 Å². The first-order valence-electron chi connectivity index (χ1n) is 5.46. The quantitative estimate of drug-likeness (QED) is 0.716. The summed E-state index contributed by atoms with van der Waals surface area (Å²) in [5.41, 5.74) is 0.137. The SMILES string of the molecule is CC1(C)CCC(CC2CSCC2Br)O1. The van der Waals surface area contributed by atoms with Gasteiger partial charge in [0.15, 0.2) is 0 Å². The number of thioether (sulfide) groups is 1. The van der Waals surface area contributed by atoms with Gasteiger partial charge in [0.25, 0.3) is 0 Å². The highest BCUT2D eigenvalue weighted by Gasteiger charge is 2.35. The Morgan fingerprint density at radius 3 is 2.71 bits per heavy atom. The third kappa shape index (κ3) is 2.67. The smallest absolute Gasteiger partial charge is 0.0631 e. The second-order valence-corrected chi connectivity index (χ2v) is 7.34. The lowest BCUT2D eigenvalue weighted by atomic mass is 9.98. The molecule has 3 heteroatoms. The molecule has 3 atom stereocenters. The molecule has 0 bridgehead atoms. The summed E-state index contributed by atoms with van der Waals surface area (Å²) in [7, 11) is 0. The predicted molar refractivity (Wildman–Crippen MR) is 66.3 cm³/mol. The van der Waals surface area contributed by atoms with Crippen LogP contribution in [0.2, 0.25) is 0 Å². The van der Waals surface area contributed by atoms with Crippen molar-refractivity contribution in [2.45, 2.75) is 49.6 Å². The van der Waals surface area contributed by atoms with E-state index < -0.39 is 0 Å². The Kier molecular flexibility index (Phi) is 3.50. The Labute approximate surface area is 99.5 Å². The molecule has 14 heavy (non-hydrogen) atoms. The first-order chi connectivity index (χ1) is 6.57. The van der Waals surface area contributed by atoms with Crippen LogP contribution in [0.5, 0.6) is 0 Å². The maximum atomic E-state index is 6.03. The number of hydrogen-bond acceptors (Lipinski definition) is 2. The summed E-state index contributed by atoms with van der Waals surface area (Å²) in [6.07, 6.45) is 4.26. The van der Waals surface area contributed by atoms with Gasteiger partial charge in [-0.1, -0.05) is 15.9 Å². The lowest BCUT2D eigenvalue weighted by Crippen LogP contribution is -2.23. The summed E-state index contributed by atoms with van der Waals surface area (Å²) >= 11 is 5.84. The highest BCUT2D eigenvalue weighted by molar-refractivity contribution is 9.09. The number of halogens is 1. The Balaban J connectivity index is 1.81. The van der Waals surface area contributed by atoms with E-state index in [9.17, 15) is 0 Å². The van der Waals surface area contributed by atoms with Crippen LogP contribution < -0.4 is 0 Å². The second-order valence-electron chi connectivity index (χ2n) is 5.09. The van der Waals surface area contributed by atoms with Gasteiger partial charge in [-0.3, -0.25) is 0 Å². The molecule has 2 rings (SSSR count). The van der Waals surface area contributed by atoms with Gasteiger partial charge < -0.3 is 4.74 Å². The standard InChI is InChI=1S/C11H19BrOS/c1-11(2)4-3-9(13-11)5-8-6-14-7-10(8)12/h8-10H,3-7H2,1-2H3. The molecule has 0 N–H and O–H groups in total. The molecule has 1 nitrogen and oxygen atoms in total. The van der Waals surface area contributed by atoms with Crippen LogP contribution in [0.15, 0.2) is 0 Å². The van der Waals surface area contributed by atoms with Crippen molar-refractivity contribution in [2.24, 2.45) is 5.92 Å². The van der Waals surface area contributed by atoms with E-state index >= 15 is 0 Å². The zero-order valence-corrected chi connectivity index (χ0v) is 11.4. The van der Waals surface area contributed by atoms with E-state index in [1.54, 1.807) is 0 Å². The van der Waals surface area contributed by atoms with Gasteiger partial charge in [0.2, 0.25) is 0 Å². The van der Waals surface area contributed by atoms with Crippen molar-refractivity contribution in [3.05, 3.63) is 0 Å². The molecule has 2 fully saturated rings.